The van der Waals surface area contributed by atoms with Crippen molar-refractivity contribution >= 4 is 11.6 Å². The first kappa shape index (κ1) is 30.5. The maximum Gasteiger partial charge on any atom is 0.435 e. The Hall–Kier alpha value is -4.42. The molecule has 4 rings (SSSR count). The average molecular weight is 595 g/mol. The third kappa shape index (κ3) is 7.07. The van der Waals surface area contributed by atoms with Crippen molar-refractivity contribution in [1.29, 1.82) is 0 Å². The molecule has 0 aliphatic carbocycles. The van der Waals surface area contributed by atoms with E-state index in [2.05, 4.69) is 10.1 Å². The molecule has 2 heterocycles. The highest BCUT2D eigenvalue weighted by Gasteiger charge is 2.39. The van der Waals surface area contributed by atoms with Gasteiger partial charge in [0, 0.05) is 36.4 Å². The van der Waals surface area contributed by atoms with Gasteiger partial charge in [-0.25, -0.2) is 22.0 Å². The van der Waals surface area contributed by atoms with E-state index in [0.717, 1.165) is 18.2 Å². The summed E-state index contributed by atoms with van der Waals surface area (Å²) in [6.45, 7) is 0.363. The summed E-state index contributed by atoms with van der Waals surface area (Å²) in [5, 5.41) is 3.14. The minimum absolute atomic E-state index is 0.129. The lowest BCUT2D eigenvalue weighted by Gasteiger charge is -2.20. The lowest BCUT2D eigenvalue weighted by Crippen LogP contribution is -2.18. The molecule has 5 nitrogen and oxygen atoms in total. The van der Waals surface area contributed by atoms with Crippen LogP contribution in [0.2, 0.25) is 0 Å². The molecule has 0 saturated heterocycles. The molecule has 0 radical (unpaired) electrons. The Kier molecular flexibility index (Phi) is 8.88. The highest BCUT2D eigenvalue weighted by atomic mass is 19.4. The van der Waals surface area contributed by atoms with Gasteiger partial charge in [0.15, 0.2) is 17.3 Å². The highest BCUT2D eigenvalue weighted by Crippen LogP contribution is 2.36. The molecule has 0 amide bonds. The number of carbonyl (C=O) groups is 2. The van der Waals surface area contributed by atoms with Gasteiger partial charge in [-0.3, -0.25) is 19.3 Å². The summed E-state index contributed by atoms with van der Waals surface area (Å²) in [7, 11) is 0. The van der Waals surface area contributed by atoms with E-state index in [0.29, 0.717) is 28.1 Å². The first-order valence-electron chi connectivity index (χ1n) is 12.4. The normalized spacial score (nSPS) is 12.5. The molecule has 1 atom stereocenters. The van der Waals surface area contributed by atoms with Crippen LogP contribution in [0.3, 0.4) is 0 Å². The SMILES string of the molecule is CC(=O)c1cc(-c2cccnc2[C@@H](CC(=O)Cn2cc(C(F)F)c(C(F)(F)F)n2)Cc2cc(F)cc(F)c2)ccc1F. The topological polar surface area (TPSA) is 64.8 Å². The van der Waals surface area contributed by atoms with Crippen LogP contribution in [0, 0.1) is 17.5 Å². The van der Waals surface area contributed by atoms with E-state index in [-0.39, 0.29) is 23.2 Å². The molecule has 0 spiro atoms. The maximum atomic E-state index is 14.2. The Bertz CT molecular complexity index is 1610. The predicted molar refractivity (Wildman–Crippen MR) is 134 cm³/mol. The van der Waals surface area contributed by atoms with Crippen LogP contribution in [0.25, 0.3) is 11.1 Å². The van der Waals surface area contributed by atoms with Crippen LogP contribution < -0.4 is 0 Å². The van der Waals surface area contributed by atoms with Gasteiger partial charge in [0.2, 0.25) is 0 Å². The summed E-state index contributed by atoms with van der Waals surface area (Å²) in [5.41, 5.74) is -2.38. The monoisotopic (exact) mass is 595 g/mol. The third-order valence-corrected chi connectivity index (χ3v) is 6.39. The zero-order chi connectivity index (χ0) is 30.8. The number of carbonyl (C=O) groups excluding carboxylic acids is 2. The van der Waals surface area contributed by atoms with E-state index in [1.807, 2.05) is 0 Å². The minimum Gasteiger partial charge on any atom is -0.298 e. The molecule has 13 heteroatoms. The second kappa shape index (κ2) is 12.2. The molecule has 2 aromatic carbocycles. The van der Waals surface area contributed by atoms with Gasteiger partial charge in [-0.2, -0.15) is 18.3 Å². The van der Waals surface area contributed by atoms with Gasteiger partial charge >= 0.3 is 6.18 Å². The Morgan fingerprint density at radius 1 is 0.976 bits per heavy atom. The first-order chi connectivity index (χ1) is 19.7. The largest absolute Gasteiger partial charge is 0.435 e. The van der Waals surface area contributed by atoms with Crippen molar-refractivity contribution in [2.75, 3.05) is 0 Å². The van der Waals surface area contributed by atoms with Gasteiger partial charge in [-0.05, 0) is 54.8 Å². The number of pyridine rings is 1. The number of benzene rings is 2. The molecule has 0 aliphatic heterocycles. The number of hydrogen-bond acceptors (Lipinski definition) is 4. The van der Waals surface area contributed by atoms with E-state index < -0.39 is 71.8 Å². The second-order valence-corrected chi connectivity index (χ2v) is 9.54. The van der Waals surface area contributed by atoms with E-state index >= 15 is 0 Å². The number of hydrogen-bond donors (Lipinski definition) is 0. The number of Topliss-reactive ketones (excluding diaryl/α,β-unsaturated/α-hetero) is 2. The van der Waals surface area contributed by atoms with Crippen LogP contribution in [0.4, 0.5) is 35.1 Å². The van der Waals surface area contributed by atoms with Gasteiger partial charge in [0.05, 0.1) is 23.4 Å². The van der Waals surface area contributed by atoms with Gasteiger partial charge in [-0.1, -0.05) is 12.1 Å². The number of aromatic nitrogens is 3. The molecule has 0 bridgehead atoms. The van der Waals surface area contributed by atoms with E-state index in [9.17, 15) is 44.7 Å². The van der Waals surface area contributed by atoms with Crippen molar-refractivity contribution in [3.05, 3.63) is 106 Å². The molecule has 4 aromatic rings. The van der Waals surface area contributed by atoms with Crippen LogP contribution >= 0.6 is 0 Å². The molecule has 0 saturated carbocycles. The van der Waals surface area contributed by atoms with Crippen LogP contribution in [0.1, 0.15) is 58.6 Å². The van der Waals surface area contributed by atoms with Gasteiger partial charge in [0.1, 0.15) is 17.5 Å². The van der Waals surface area contributed by atoms with Crippen LogP contribution in [-0.4, -0.2) is 26.3 Å². The molecule has 42 heavy (non-hydrogen) atoms. The average Bonchev–Trinajstić information content (AvgIpc) is 3.33. The Balaban J connectivity index is 1.73. The van der Waals surface area contributed by atoms with Crippen LogP contribution in [0.5, 0.6) is 0 Å². The molecular weight excluding hydrogens is 574 g/mol. The smallest absolute Gasteiger partial charge is 0.298 e. The minimum atomic E-state index is -5.18. The molecule has 2 aromatic heterocycles. The lowest BCUT2D eigenvalue weighted by molar-refractivity contribution is -0.143. The molecular formula is C29H21F8N3O2. The number of rotatable bonds is 10. The Morgan fingerprint density at radius 2 is 1.67 bits per heavy atom. The van der Waals surface area contributed by atoms with Crippen molar-refractivity contribution in [1.82, 2.24) is 14.8 Å². The van der Waals surface area contributed by atoms with Gasteiger partial charge in [0.25, 0.3) is 6.43 Å². The fourth-order valence-corrected chi connectivity index (χ4v) is 4.65. The fraction of sp³-hybridized carbons (Fsp3) is 0.241. The summed E-state index contributed by atoms with van der Waals surface area (Å²) in [6, 6.07) is 9.55. The quantitative estimate of drug-likeness (QED) is 0.141. The van der Waals surface area contributed by atoms with Gasteiger partial charge in [-0.15, -0.1) is 0 Å². The summed E-state index contributed by atoms with van der Waals surface area (Å²) in [4.78, 5) is 29.4. The van der Waals surface area contributed by atoms with Crippen molar-refractivity contribution in [3.8, 4) is 11.1 Å². The zero-order valence-corrected chi connectivity index (χ0v) is 21.7. The van der Waals surface area contributed by atoms with E-state index in [1.165, 1.54) is 31.3 Å². The van der Waals surface area contributed by atoms with Crippen molar-refractivity contribution in [3.63, 3.8) is 0 Å². The number of ketones is 2. The van der Waals surface area contributed by atoms with Crippen LogP contribution in [0.15, 0.2) is 60.9 Å². The van der Waals surface area contributed by atoms with E-state index in [1.54, 1.807) is 6.07 Å². The third-order valence-electron chi connectivity index (χ3n) is 6.39. The maximum absolute atomic E-state index is 14.2. The summed E-state index contributed by atoms with van der Waals surface area (Å²) < 4.78 is 109. The molecule has 0 aliphatic rings. The summed E-state index contributed by atoms with van der Waals surface area (Å²) in [5.74, 6) is -4.78. The first-order valence-corrected chi connectivity index (χ1v) is 12.4. The van der Waals surface area contributed by atoms with Crippen molar-refractivity contribution < 1.29 is 44.7 Å². The van der Waals surface area contributed by atoms with Crippen molar-refractivity contribution in [2.45, 2.75) is 44.8 Å². The molecule has 0 N–H and O–H groups in total. The molecule has 220 valence electrons. The van der Waals surface area contributed by atoms with Gasteiger partial charge < -0.3 is 0 Å². The Morgan fingerprint density at radius 3 is 2.26 bits per heavy atom. The number of halogens is 8. The Labute approximate surface area is 233 Å². The fourth-order valence-electron chi connectivity index (χ4n) is 4.65. The number of nitrogens with zero attached hydrogens (tertiary/aromatic N) is 3. The number of alkyl halides is 5. The lowest BCUT2D eigenvalue weighted by atomic mass is 9.86. The summed E-state index contributed by atoms with van der Waals surface area (Å²) in [6.07, 6.45) is -7.48. The molecule has 0 fully saturated rings. The second-order valence-electron chi connectivity index (χ2n) is 9.54. The summed E-state index contributed by atoms with van der Waals surface area (Å²) >= 11 is 0. The van der Waals surface area contributed by atoms with Crippen molar-refractivity contribution in [2.24, 2.45) is 0 Å². The predicted octanol–water partition coefficient (Wildman–Crippen LogP) is 7.51. The van der Waals surface area contributed by atoms with Crippen LogP contribution in [-0.2, 0) is 23.9 Å². The highest BCUT2D eigenvalue weighted by molar-refractivity contribution is 5.95. The zero-order valence-electron chi connectivity index (χ0n) is 21.7. The standard InChI is InChI=1S/C29H21F8N3O2/c1-15(41)23-11-17(4-5-25(23)32)22-3-2-6-38-26(22)18(7-16-8-19(30)12-20(31)9-16)10-21(42)13-40-14-24(28(33)34)27(39-40)29(35,36)37/h2-6,8-9,11-12,14,18,28H,7,10,13H2,1H3/t18-/m1/s1. The van der Waals surface area contributed by atoms with E-state index in [4.69, 9.17) is 0 Å². The molecule has 0 unspecified atom stereocenters.